The maximum absolute atomic E-state index is 13.2. The van der Waals surface area contributed by atoms with Gasteiger partial charge in [-0.25, -0.2) is 9.18 Å². The summed E-state index contributed by atoms with van der Waals surface area (Å²) >= 11 is 0. The number of carboxylic acid groups (broad SMARTS) is 1. The van der Waals surface area contributed by atoms with E-state index in [0.29, 0.717) is 5.56 Å². The van der Waals surface area contributed by atoms with E-state index in [4.69, 9.17) is 9.84 Å². The molecule has 0 aliphatic rings. The molecule has 0 amide bonds. The number of halogens is 1. The van der Waals surface area contributed by atoms with Crippen LogP contribution in [0.5, 0.6) is 11.5 Å². The fraction of sp³-hybridized carbons (Fsp3) is 0.0714. The minimum Gasteiger partial charge on any atom is -0.477 e. The number of aromatic carboxylic acids is 1. The van der Waals surface area contributed by atoms with Crippen molar-refractivity contribution >= 4 is 11.7 Å². The van der Waals surface area contributed by atoms with Crippen molar-refractivity contribution in [3.05, 3.63) is 63.5 Å². The van der Waals surface area contributed by atoms with Crippen molar-refractivity contribution < 1.29 is 24.0 Å². The molecule has 108 valence electrons. The largest absolute Gasteiger partial charge is 0.477 e. The van der Waals surface area contributed by atoms with Crippen LogP contribution < -0.4 is 4.74 Å². The summed E-state index contributed by atoms with van der Waals surface area (Å²) in [5.74, 6) is -1.66. The molecule has 0 saturated carbocycles. The molecule has 21 heavy (non-hydrogen) atoms. The summed E-state index contributed by atoms with van der Waals surface area (Å²) in [6, 6.07) is 7.26. The highest BCUT2D eigenvalue weighted by molar-refractivity contribution is 5.92. The number of nitro benzene ring substituents is 1. The number of nitrogens with zero attached hydrogens (tertiary/aromatic N) is 1. The lowest BCUT2D eigenvalue weighted by Gasteiger charge is -2.09. The molecule has 0 bridgehead atoms. The normalized spacial score (nSPS) is 10.2. The van der Waals surface area contributed by atoms with E-state index in [1.165, 1.54) is 18.2 Å². The molecule has 0 saturated heterocycles. The van der Waals surface area contributed by atoms with Crippen molar-refractivity contribution in [2.75, 3.05) is 0 Å². The van der Waals surface area contributed by atoms with Gasteiger partial charge < -0.3 is 9.84 Å². The van der Waals surface area contributed by atoms with Gasteiger partial charge in [-0.2, -0.15) is 0 Å². The van der Waals surface area contributed by atoms with Crippen molar-refractivity contribution in [2.24, 2.45) is 0 Å². The molecule has 0 spiro atoms. The van der Waals surface area contributed by atoms with Gasteiger partial charge in [0.05, 0.1) is 11.0 Å². The van der Waals surface area contributed by atoms with Crippen LogP contribution in [0.1, 0.15) is 15.9 Å². The summed E-state index contributed by atoms with van der Waals surface area (Å²) < 4.78 is 18.5. The Hall–Kier alpha value is -2.96. The van der Waals surface area contributed by atoms with E-state index in [1.807, 2.05) is 0 Å². The van der Waals surface area contributed by atoms with E-state index in [0.717, 1.165) is 18.2 Å². The predicted molar refractivity (Wildman–Crippen MR) is 71.3 cm³/mol. The minimum absolute atomic E-state index is 0.0559. The second-order valence-corrected chi connectivity index (χ2v) is 4.25. The van der Waals surface area contributed by atoms with Crippen molar-refractivity contribution in [3.63, 3.8) is 0 Å². The lowest BCUT2D eigenvalue weighted by atomic mass is 10.1. The Morgan fingerprint density at radius 3 is 2.62 bits per heavy atom. The maximum atomic E-state index is 13.2. The Morgan fingerprint density at radius 1 is 1.29 bits per heavy atom. The second kappa shape index (κ2) is 5.58. The molecule has 0 aliphatic heterocycles. The zero-order valence-electron chi connectivity index (χ0n) is 10.9. The Morgan fingerprint density at radius 2 is 2.00 bits per heavy atom. The predicted octanol–water partition coefficient (Wildman–Crippen LogP) is 3.53. The molecule has 2 aromatic carbocycles. The molecular weight excluding hydrogens is 281 g/mol. The molecule has 2 aromatic rings. The van der Waals surface area contributed by atoms with E-state index in [2.05, 4.69) is 0 Å². The number of ether oxygens (including phenoxy) is 1. The van der Waals surface area contributed by atoms with Crippen LogP contribution in [0.2, 0.25) is 0 Å². The molecule has 0 aliphatic carbocycles. The van der Waals surface area contributed by atoms with Gasteiger partial charge in [-0.3, -0.25) is 10.1 Å². The standard InChI is InChI=1S/C14H10FNO5/c1-8-2-3-9(15)6-13(8)21-10-4-5-11(14(17)18)12(7-10)16(19)20/h2-7H,1H3,(H,17,18). The Kier molecular flexibility index (Phi) is 3.84. The number of nitro groups is 1. The Bertz CT molecular complexity index is 729. The SMILES string of the molecule is Cc1ccc(F)cc1Oc1ccc(C(=O)O)c([N+](=O)[O-])c1. The number of aryl methyl sites for hydroxylation is 1. The fourth-order valence-corrected chi connectivity index (χ4v) is 1.72. The van der Waals surface area contributed by atoms with Gasteiger partial charge in [0, 0.05) is 6.07 Å². The Labute approximate surface area is 118 Å². The van der Waals surface area contributed by atoms with Crippen LogP contribution in [-0.4, -0.2) is 16.0 Å². The van der Waals surface area contributed by atoms with Crippen LogP contribution >= 0.6 is 0 Å². The highest BCUT2D eigenvalue weighted by Gasteiger charge is 2.20. The molecule has 2 rings (SSSR count). The van der Waals surface area contributed by atoms with Crippen molar-refractivity contribution in [1.29, 1.82) is 0 Å². The average Bonchev–Trinajstić information content (AvgIpc) is 2.42. The van der Waals surface area contributed by atoms with Crippen molar-refractivity contribution in [3.8, 4) is 11.5 Å². The summed E-state index contributed by atoms with van der Waals surface area (Å²) in [7, 11) is 0. The number of hydrogen-bond acceptors (Lipinski definition) is 4. The summed E-state index contributed by atoms with van der Waals surface area (Å²) in [6.07, 6.45) is 0. The lowest BCUT2D eigenvalue weighted by molar-refractivity contribution is -0.385. The van der Waals surface area contributed by atoms with E-state index < -0.39 is 28.0 Å². The highest BCUT2D eigenvalue weighted by atomic mass is 19.1. The second-order valence-electron chi connectivity index (χ2n) is 4.25. The first kappa shape index (κ1) is 14.4. The maximum Gasteiger partial charge on any atom is 0.342 e. The smallest absolute Gasteiger partial charge is 0.342 e. The van der Waals surface area contributed by atoms with Gasteiger partial charge in [-0.05, 0) is 30.7 Å². The van der Waals surface area contributed by atoms with Crippen molar-refractivity contribution in [1.82, 2.24) is 0 Å². The first-order chi connectivity index (χ1) is 9.88. The van der Waals surface area contributed by atoms with E-state index >= 15 is 0 Å². The average molecular weight is 291 g/mol. The van der Waals surface area contributed by atoms with Gasteiger partial charge in [0.15, 0.2) is 0 Å². The summed E-state index contributed by atoms with van der Waals surface area (Å²) in [6.45, 7) is 1.69. The molecule has 0 unspecified atom stereocenters. The van der Waals surface area contributed by atoms with Crippen molar-refractivity contribution in [2.45, 2.75) is 6.92 Å². The summed E-state index contributed by atoms with van der Waals surface area (Å²) in [5.41, 5.74) is -0.390. The van der Waals surface area contributed by atoms with Crippen LogP contribution in [0.4, 0.5) is 10.1 Å². The first-order valence-corrected chi connectivity index (χ1v) is 5.84. The molecular formula is C14H10FNO5. The van der Waals surface area contributed by atoms with Crippen LogP contribution in [0.15, 0.2) is 36.4 Å². The number of carbonyl (C=O) groups is 1. The number of benzene rings is 2. The summed E-state index contributed by atoms with van der Waals surface area (Å²) in [5, 5.41) is 19.8. The van der Waals surface area contributed by atoms with E-state index in [9.17, 15) is 19.3 Å². The van der Waals surface area contributed by atoms with Crippen LogP contribution in [0, 0.1) is 22.9 Å². The molecule has 1 N–H and O–H groups in total. The molecule has 0 heterocycles. The van der Waals surface area contributed by atoms with Crippen LogP contribution in [0.25, 0.3) is 0 Å². The molecule has 0 fully saturated rings. The molecule has 0 radical (unpaired) electrons. The quantitative estimate of drug-likeness (QED) is 0.687. The van der Waals surface area contributed by atoms with E-state index in [1.54, 1.807) is 6.92 Å². The van der Waals surface area contributed by atoms with Gasteiger partial charge in [-0.15, -0.1) is 0 Å². The zero-order valence-corrected chi connectivity index (χ0v) is 10.9. The van der Waals surface area contributed by atoms with Gasteiger partial charge in [0.25, 0.3) is 5.69 Å². The number of carboxylic acids is 1. The highest BCUT2D eigenvalue weighted by Crippen LogP contribution is 2.30. The van der Waals surface area contributed by atoms with Crippen LogP contribution in [-0.2, 0) is 0 Å². The molecule has 6 nitrogen and oxygen atoms in total. The third-order valence-electron chi connectivity index (χ3n) is 2.77. The lowest BCUT2D eigenvalue weighted by Crippen LogP contribution is -2.02. The molecule has 0 atom stereocenters. The number of hydrogen-bond donors (Lipinski definition) is 1. The minimum atomic E-state index is -1.41. The van der Waals surface area contributed by atoms with Gasteiger partial charge in [-0.1, -0.05) is 6.07 Å². The first-order valence-electron chi connectivity index (χ1n) is 5.84. The fourth-order valence-electron chi connectivity index (χ4n) is 1.72. The summed E-state index contributed by atoms with van der Waals surface area (Å²) in [4.78, 5) is 21.0. The number of rotatable bonds is 4. The zero-order chi connectivity index (χ0) is 15.6. The van der Waals surface area contributed by atoms with E-state index in [-0.39, 0.29) is 11.5 Å². The molecule has 7 heteroatoms. The van der Waals surface area contributed by atoms with Gasteiger partial charge in [0.1, 0.15) is 22.9 Å². The van der Waals surface area contributed by atoms with Gasteiger partial charge in [0.2, 0.25) is 0 Å². The third-order valence-corrected chi connectivity index (χ3v) is 2.77. The molecule has 0 aromatic heterocycles. The third kappa shape index (κ3) is 3.14. The monoisotopic (exact) mass is 291 g/mol. The Balaban J connectivity index is 2.41. The topological polar surface area (TPSA) is 89.7 Å². The van der Waals surface area contributed by atoms with Gasteiger partial charge >= 0.3 is 5.97 Å². The van der Waals surface area contributed by atoms with Crippen LogP contribution in [0.3, 0.4) is 0 Å².